The molecule has 198 valence electrons. The third kappa shape index (κ3) is 5.75. The standard InChI is InChI=1S/C30H31ClF2N4S/c1-21(2)23-6-8-24(9-7-23)30(32,33)25-19-28(31)34-29(20-25)35-15-17-36(18-16-35)38-27-12-10-26(11-13-27)37-14-4-5-22(37)3/h6-13,19-20H,1,3-5,14-18H2,2H3. The third-order valence-electron chi connectivity index (χ3n) is 7.06. The minimum Gasteiger partial charge on any atom is -0.354 e. The van der Waals surface area contributed by atoms with E-state index in [4.69, 9.17) is 11.6 Å². The predicted octanol–water partition coefficient (Wildman–Crippen LogP) is 7.85. The predicted molar refractivity (Wildman–Crippen MR) is 155 cm³/mol. The van der Waals surface area contributed by atoms with Crippen molar-refractivity contribution in [1.29, 1.82) is 0 Å². The first-order valence-electron chi connectivity index (χ1n) is 12.8. The number of nitrogens with zero attached hydrogens (tertiary/aromatic N) is 4. The summed E-state index contributed by atoms with van der Waals surface area (Å²) < 4.78 is 33.2. The van der Waals surface area contributed by atoms with Crippen molar-refractivity contribution in [3.8, 4) is 0 Å². The van der Waals surface area contributed by atoms with Crippen LogP contribution in [0.5, 0.6) is 0 Å². The molecule has 3 aromatic rings. The van der Waals surface area contributed by atoms with Gasteiger partial charge in [0.05, 0.1) is 0 Å². The van der Waals surface area contributed by atoms with Crippen molar-refractivity contribution >= 4 is 40.6 Å². The summed E-state index contributed by atoms with van der Waals surface area (Å²) in [7, 11) is 0. The second kappa shape index (κ2) is 11.1. The van der Waals surface area contributed by atoms with Crippen LogP contribution in [0.3, 0.4) is 0 Å². The van der Waals surface area contributed by atoms with Crippen LogP contribution < -0.4 is 9.80 Å². The lowest BCUT2D eigenvalue weighted by atomic mass is 9.98. The van der Waals surface area contributed by atoms with Crippen molar-refractivity contribution in [3.63, 3.8) is 0 Å². The number of anilines is 2. The van der Waals surface area contributed by atoms with E-state index in [1.165, 1.54) is 40.5 Å². The lowest BCUT2D eigenvalue weighted by molar-refractivity contribution is 0.0428. The second-order valence-corrected chi connectivity index (χ2v) is 11.3. The molecule has 3 heterocycles. The van der Waals surface area contributed by atoms with Gasteiger partial charge in [0, 0.05) is 60.1 Å². The van der Waals surface area contributed by atoms with Crippen LogP contribution in [0.2, 0.25) is 5.15 Å². The summed E-state index contributed by atoms with van der Waals surface area (Å²) in [5, 5.41) is 0.0632. The van der Waals surface area contributed by atoms with Gasteiger partial charge in [-0.3, -0.25) is 0 Å². The molecule has 8 heteroatoms. The molecule has 0 amide bonds. The molecular formula is C30H31ClF2N4S. The topological polar surface area (TPSA) is 22.6 Å². The Morgan fingerprint density at radius 2 is 1.63 bits per heavy atom. The quantitative estimate of drug-likeness (QED) is 0.219. The molecule has 0 radical (unpaired) electrons. The van der Waals surface area contributed by atoms with Gasteiger partial charge in [0.1, 0.15) is 11.0 Å². The summed E-state index contributed by atoms with van der Waals surface area (Å²) in [6, 6.07) is 17.5. The van der Waals surface area contributed by atoms with Crippen molar-refractivity contribution < 1.29 is 8.78 Å². The Kier molecular flexibility index (Phi) is 7.80. The summed E-state index contributed by atoms with van der Waals surface area (Å²) in [4.78, 5) is 9.85. The molecule has 5 rings (SSSR count). The number of allylic oxidation sites excluding steroid dienone is 2. The van der Waals surface area contributed by atoms with E-state index in [2.05, 4.69) is 51.6 Å². The van der Waals surface area contributed by atoms with Crippen molar-refractivity contribution in [3.05, 3.63) is 101 Å². The average Bonchev–Trinajstić information content (AvgIpc) is 3.35. The molecule has 0 bridgehead atoms. The second-order valence-electron chi connectivity index (χ2n) is 9.79. The molecule has 0 spiro atoms. The zero-order valence-corrected chi connectivity index (χ0v) is 23.0. The molecule has 0 aliphatic carbocycles. The van der Waals surface area contributed by atoms with Crippen LogP contribution >= 0.6 is 23.5 Å². The van der Waals surface area contributed by atoms with Crippen molar-refractivity contribution in [1.82, 2.24) is 9.29 Å². The van der Waals surface area contributed by atoms with Crippen molar-refractivity contribution in [2.45, 2.75) is 30.6 Å². The Balaban J connectivity index is 1.23. The zero-order valence-electron chi connectivity index (χ0n) is 21.5. The van der Waals surface area contributed by atoms with Crippen LogP contribution in [0.1, 0.15) is 36.5 Å². The van der Waals surface area contributed by atoms with E-state index in [-0.39, 0.29) is 16.3 Å². The fourth-order valence-electron chi connectivity index (χ4n) is 4.85. The monoisotopic (exact) mass is 552 g/mol. The van der Waals surface area contributed by atoms with Gasteiger partial charge in [-0.25, -0.2) is 9.29 Å². The lowest BCUT2D eigenvalue weighted by Gasteiger charge is -2.35. The molecule has 0 unspecified atom stereocenters. The summed E-state index contributed by atoms with van der Waals surface area (Å²) in [6.07, 6.45) is 2.22. The van der Waals surface area contributed by atoms with Crippen LogP contribution in [0, 0.1) is 0 Å². The largest absolute Gasteiger partial charge is 0.354 e. The molecular weight excluding hydrogens is 522 g/mol. The highest BCUT2D eigenvalue weighted by atomic mass is 35.5. The highest BCUT2D eigenvalue weighted by Crippen LogP contribution is 2.39. The normalized spacial score (nSPS) is 16.8. The highest BCUT2D eigenvalue weighted by molar-refractivity contribution is 7.97. The molecule has 2 fully saturated rings. The number of aromatic nitrogens is 1. The van der Waals surface area contributed by atoms with Gasteiger partial charge in [0.25, 0.3) is 5.92 Å². The maximum absolute atomic E-state index is 15.5. The van der Waals surface area contributed by atoms with E-state index in [0.717, 1.165) is 43.6 Å². The number of hydrogen-bond donors (Lipinski definition) is 0. The first-order chi connectivity index (χ1) is 18.2. The number of halogens is 3. The number of rotatable bonds is 7. The molecule has 0 N–H and O–H groups in total. The molecule has 0 atom stereocenters. The molecule has 4 nitrogen and oxygen atoms in total. The van der Waals surface area contributed by atoms with Gasteiger partial charge in [0.2, 0.25) is 0 Å². The number of piperazine rings is 1. The number of alkyl halides is 2. The molecule has 2 aromatic carbocycles. The van der Waals surface area contributed by atoms with E-state index >= 15 is 8.78 Å². The smallest absolute Gasteiger partial charge is 0.298 e. The fourth-order valence-corrected chi connectivity index (χ4v) is 5.95. The van der Waals surface area contributed by atoms with Crippen molar-refractivity contribution in [2.75, 3.05) is 42.5 Å². The summed E-state index contributed by atoms with van der Waals surface area (Å²) in [5.74, 6) is -2.72. The molecule has 0 saturated carbocycles. The summed E-state index contributed by atoms with van der Waals surface area (Å²) in [5.41, 5.74) is 3.79. The summed E-state index contributed by atoms with van der Waals surface area (Å²) >= 11 is 7.95. The van der Waals surface area contributed by atoms with E-state index < -0.39 is 5.92 Å². The van der Waals surface area contributed by atoms with Crippen LogP contribution in [0.25, 0.3) is 5.57 Å². The molecule has 2 aliphatic heterocycles. The van der Waals surface area contributed by atoms with Gasteiger partial charge >= 0.3 is 0 Å². The van der Waals surface area contributed by atoms with Crippen LogP contribution in [-0.2, 0) is 5.92 Å². The third-order valence-corrected chi connectivity index (χ3v) is 8.36. The Labute approximate surface area is 232 Å². The molecule has 2 saturated heterocycles. The van der Waals surface area contributed by atoms with Crippen molar-refractivity contribution in [2.24, 2.45) is 0 Å². The Bertz CT molecular complexity index is 1320. The fraction of sp³-hybridized carbons (Fsp3) is 0.300. The maximum atomic E-state index is 15.5. The van der Waals surface area contributed by atoms with Crippen LogP contribution in [-0.4, -0.2) is 42.0 Å². The van der Waals surface area contributed by atoms with E-state index in [9.17, 15) is 0 Å². The molecule has 38 heavy (non-hydrogen) atoms. The summed E-state index contributed by atoms with van der Waals surface area (Å²) in [6.45, 7) is 13.8. The van der Waals surface area contributed by atoms with Gasteiger partial charge in [-0.1, -0.05) is 54.6 Å². The van der Waals surface area contributed by atoms with Gasteiger partial charge in [-0.15, -0.1) is 0 Å². The van der Waals surface area contributed by atoms with E-state index in [1.54, 1.807) is 24.1 Å². The van der Waals surface area contributed by atoms with Gasteiger partial charge in [0.15, 0.2) is 0 Å². The SMILES string of the molecule is C=C(C)c1ccc(C(F)(F)c2cc(Cl)nc(N3CCN(Sc4ccc(N5CCCC5=C)cc4)CC3)c2)cc1. The van der Waals surface area contributed by atoms with Crippen LogP contribution in [0.4, 0.5) is 20.3 Å². The van der Waals surface area contributed by atoms with Gasteiger partial charge in [-0.2, -0.15) is 8.78 Å². The van der Waals surface area contributed by atoms with E-state index in [1.807, 2.05) is 11.8 Å². The van der Waals surface area contributed by atoms with Crippen LogP contribution in [0.15, 0.2) is 84.4 Å². The van der Waals surface area contributed by atoms with Gasteiger partial charge in [-0.05, 0) is 73.7 Å². The van der Waals surface area contributed by atoms with E-state index in [0.29, 0.717) is 18.9 Å². The average molecular weight is 553 g/mol. The number of benzene rings is 2. The minimum absolute atomic E-state index is 0.0632. The van der Waals surface area contributed by atoms with Gasteiger partial charge < -0.3 is 9.80 Å². The Morgan fingerprint density at radius 1 is 0.947 bits per heavy atom. The maximum Gasteiger partial charge on any atom is 0.298 e. The zero-order chi connectivity index (χ0) is 26.9. The molecule has 1 aromatic heterocycles. The Hall–Kier alpha value is -2.87. The number of pyridine rings is 1. The lowest BCUT2D eigenvalue weighted by Crippen LogP contribution is -2.43. The Morgan fingerprint density at radius 3 is 2.24 bits per heavy atom. The minimum atomic E-state index is -3.19. The highest BCUT2D eigenvalue weighted by Gasteiger charge is 2.35. The first-order valence-corrected chi connectivity index (χ1v) is 13.9. The number of hydrogen-bond acceptors (Lipinski definition) is 5. The first kappa shape index (κ1) is 26.7. The molecule has 2 aliphatic rings.